The van der Waals surface area contributed by atoms with Gasteiger partial charge in [-0.25, -0.2) is 10.2 Å². The molecule has 0 aliphatic rings. The van der Waals surface area contributed by atoms with Crippen molar-refractivity contribution >= 4 is 29.4 Å². The molecule has 0 unspecified atom stereocenters. The number of fused-ring (bicyclic) bond motifs is 1. The van der Waals surface area contributed by atoms with Gasteiger partial charge in [-0.15, -0.1) is 0 Å². The fourth-order valence-electron chi connectivity index (χ4n) is 3.46. The second-order valence-electron chi connectivity index (χ2n) is 7.48. The molecular formula is C24H24N6O2. The first-order valence-corrected chi connectivity index (χ1v) is 10.3. The molecule has 0 fully saturated rings. The van der Waals surface area contributed by atoms with Crippen LogP contribution in [0.2, 0.25) is 0 Å². The van der Waals surface area contributed by atoms with Crippen LogP contribution in [0.5, 0.6) is 0 Å². The SMILES string of the molecule is CC(C=NNc1nc2c(c(=O)[nH]c(=O)n2C)n1CCc1ccccc1)=Cc1ccccc1. The molecule has 0 saturated heterocycles. The lowest BCUT2D eigenvalue weighted by Gasteiger charge is -2.08. The van der Waals surface area contributed by atoms with Gasteiger partial charge in [0, 0.05) is 13.6 Å². The van der Waals surface area contributed by atoms with Gasteiger partial charge in [-0.05, 0) is 30.0 Å². The molecule has 0 amide bonds. The molecule has 2 N–H and O–H groups in total. The van der Waals surface area contributed by atoms with Crippen LogP contribution in [0.25, 0.3) is 17.2 Å². The number of H-pyrrole nitrogens is 1. The van der Waals surface area contributed by atoms with Crippen molar-refractivity contribution in [2.45, 2.75) is 19.9 Å². The lowest BCUT2D eigenvalue weighted by Crippen LogP contribution is -2.29. The Hall–Kier alpha value is -4.20. The summed E-state index contributed by atoms with van der Waals surface area (Å²) in [4.78, 5) is 31.4. The Morgan fingerprint density at radius 3 is 2.50 bits per heavy atom. The highest BCUT2D eigenvalue weighted by atomic mass is 16.2. The first kappa shape index (κ1) is 21.0. The van der Waals surface area contributed by atoms with E-state index in [0.29, 0.717) is 30.1 Å². The number of hydrazone groups is 1. The van der Waals surface area contributed by atoms with Crippen LogP contribution in [0, 0.1) is 0 Å². The largest absolute Gasteiger partial charge is 0.329 e. The number of aryl methyl sites for hydroxylation is 3. The van der Waals surface area contributed by atoms with Crippen molar-refractivity contribution in [2.75, 3.05) is 5.43 Å². The molecule has 0 saturated carbocycles. The van der Waals surface area contributed by atoms with Crippen LogP contribution >= 0.6 is 0 Å². The minimum Gasteiger partial charge on any atom is -0.303 e. The molecule has 0 atom stereocenters. The minimum atomic E-state index is -0.508. The van der Waals surface area contributed by atoms with Gasteiger partial charge in [0.2, 0.25) is 5.95 Å². The van der Waals surface area contributed by atoms with Crippen LogP contribution in [0.1, 0.15) is 18.1 Å². The Labute approximate surface area is 184 Å². The number of aromatic nitrogens is 4. The van der Waals surface area contributed by atoms with Crippen molar-refractivity contribution in [1.82, 2.24) is 19.1 Å². The molecule has 0 radical (unpaired) electrons. The summed E-state index contributed by atoms with van der Waals surface area (Å²) in [6, 6.07) is 19.9. The summed E-state index contributed by atoms with van der Waals surface area (Å²) >= 11 is 0. The fourth-order valence-corrected chi connectivity index (χ4v) is 3.46. The Bertz CT molecular complexity index is 1400. The van der Waals surface area contributed by atoms with E-state index < -0.39 is 11.2 Å². The van der Waals surface area contributed by atoms with Gasteiger partial charge >= 0.3 is 5.69 Å². The zero-order chi connectivity index (χ0) is 22.5. The van der Waals surface area contributed by atoms with Crippen molar-refractivity contribution in [3.05, 3.63) is 98.2 Å². The van der Waals surface area contributed by atoms with Crippen molar-refractivity contribution in [3.63, 3.8) is 0 Å². The molecule has 0 aliphatic carbocycles. The highest BCUT2D eigenvalue weighted by Crippen LogP contribution is 2.17. The molecule has 4 rings (SSSR count). The van der Waals surface area contributed by atoms with Gasteiger partial charge in [-0.3, -0.25) is 14.3 Å². The van der Waals surface area contributed by atoms with Crippen LogP contribution in [0.4, 0.5) is 5.95 Å². The zero-order valence-electron chi connectivity index (χ0n) is 17.9. The van der Waals surface area contributed by atoms with Crippen LogP contribution in [-0.4, -0.2) is 25.3 Å². The van der Waals surface area contributed by atoms with Crippen LogP contribution in [-0.2, 0) is 20.0 Å². The van der Waals surface area contributed by atoms with Gasteiger partial charge in [0.05, 0.1) is 6.21 Å². The lowest BCUT2D eigenvalue weighted by molar-refractivity contribution is 0.716. The van der Waals surface area contributed by atoms with Gasteiger partial charge in [-0.1, -0.05) is 66.7 Å². The van der Waals surface area contributed by atoms with Crippen LogP contribution < -0.4 is 16.7 Å². The fraction of sp³-hybridized carbons (Fsp3) is 0.167. The average molecular weight is 428 g/mol. The summed E-state index contributed by atoms with van der Waals surface area (Å²) in [7, 11) is 1.58. The van der Waals surface area contributed by atoms with E-state index in [2.05, 4.69) is 20.5 Å². The summed E-state index contributed by atoms with van der Waals surface area (Å²) in [6.07, 6.45) is 4.40. The maximum atomic E-state index is 12.6. The third-order valence-corrected chi connectivity index (χ3v) is 5.10. The Kier molecular flexibility index (Phi) is 6.12. The maximum Gasteiger partial charge on any atom is 0.329 e. The van der Waals surface area contributed by atoms with E-state index in [-0.39, 0.29) is 0 Å². The number of imidazole rings is 1. The lowest BCUT2D eigenvalue weighted by atomic mass is 10.1. The number of allylic oxidation sites excluding steroid dienone is 1. The molecule has 2 aromatic heterocycles. The maximum absolute atomic E-state index is 12.6. The van der Waals surface area contributed by atoms with E-state index in [1.165, 1.54) is 4.57 Å². The third-order valence-electron chi connectivity index (χ3n) is 5.10. The molecule has 32 heavy (non-hydrogen) atoms. The molecule has 4 aromatic rings. The highest BCUT2D eigenvalue weighted by molar-refractivity contribution is 5.85. The van der Waals surface area contributed by atoms with E-state index in [9.17, 15) is 9.59 Å². The molecule has 8 nitrogen and oxygen atoms in total. The summed E-state index contributed by atoms with van der Waals surface area (Å²) in [5.41, 5.74) is 5.75. The second-order valence-corrected chi connectivity index (χ2v) is 7.48. The monoisotopic (exact) mass is 428 g/mol. The smallest absolute Gasteiger partial charge is 0.303 e. The number of aromatic amines is 1. The molecule has 2 heterocycles. The van der Waals surface area contributed by atoms with Gasteiger partial charge in [0.15, 0.2) is 11.2 Å². The Morgan fingerprint density at radius 2 is 1.78 bits per heavy atom. The van der Waals surface area contributed by atoms with E-state index in [1.54, 1.807) is 17.8 Å². The van der Waals surface area contributed by atoms with Gasteiger partial charge in [-0.2, -0.15) is 10.1 Å². The number of hydrogen-bond donors (Lipinski definition) is 2. The third kappa shape index (κ3) is 4.59. The number of rotatable bonds is 7. The van der Waals surface area contributed by atoms with E-state index in [1.807, 2.05) is 73.7 Å². The van der Waals surface area contributed by atoms with Gasteiger partial charge in [0.25, 0.3) is 5.56 Å². The zero-order valence-corrected chi connectivity index (χ0v) is 17.9. The summed E-state index contributed by atoms with van der Waals surface area (Å²) in [6.45, 7) is 2.45. The van der Waals surface area contributed by atoms with Crippen LogP contribution in [0.15, 0.2) is 80.9 Å². The molecular weight excluding hydrogens is 404 g/mol. The summed E-state index contributed by atoms with van der Waals surface area (Å²) < 4.78 is 3.08. The summed E-state index contributed by atoms with van der Waals surface area (Å²) in [5.74, 6) is 0.395. The molecule has 162 valence electrons. The standard InChI is InChI=1S/C24H24N6O2/c1-17(15-19-11-7-4-8-12-19)16-25-28-23-26-21-20(22(31)27-24(32)29(21)2)30(23)14-13-18-9-5-3-6-10-18/h3-12,15-16H,13-14H2,1-2H3,(H,26,28)(H,27,31,32). The van der Waals surface area contributed by atoms with Crippen LogP contribution in [0.3, 0.4) is 0 Å². The van der Waals surface area contributed by atoms with Gasteiger partial charge in [0.1, 0.15) is 0 Å². The summed E-state index contributed by atoms with van der Waals surface area (Å²) in [5, 5.41) is 4.30. The highest BCUT2D eigenvalue weighted by Gasteiger charge is 2.17. The Balaban J connectivity index is 1.65. The minimum absolute atomic E-state index is 0.307. The van der Waals surface area contributed by atoms with Gasteiger partial charge < -0.3 is 4.57 Å². The van der Waals surface area contributed by atoms with Crippen molar-refractivity contribution in [1.29, 1.82) is 0 Å². The van der Waals surface area contributed by atoms with E-state index in [4.69, 9.17) is 0 Å². The first-order valence-electron chi connectivity index (χ1n) is 10.3. The predicted octanol–water partition coefficient (Wildman–Crippen LogP) is 3.17. The van der Waals surface area contributed by atoms with E-state index >= 15 is 0 Å². The number of nitrogens with one attached hydrogen (secondary N) is 2. The average Bonchev–Trinajstić information content (AvgIpc) is 3.16. The normalized spacial score (nSPS) is 12.0. The molecule has 8 heteroatoms. The topological polar surface area (TPSA) is 97.1 Å². The van der Waals surface area contributed by atoms with Crippen molar-refractivity contribution < 1.29 is 0 Å². The predicted molar refractivity (Wildman–Crippen MR) is 128 cm³/mol. The van der Waals surface area contributed by atoms with Crippen molar-refractivity contribution in [2.24, 2.45) is 12.1 Å². The first-order chi connectivity index (χ1) is 15.5. The molecule has 0 spiro atoms. The van der Waals surface area contributed by atoms with Crippen molar-refractivity contribution in [3.8, 4) is 0 Å². The number of hydrogen-bond acceptors (Lipinski definition) is 5. The number of nitrogens with zero attached hydrogens (tertiary/aromatic N) is 4. The number of anilines is 1. The van der Waals surface area contributed by atoms with E-state index in [0.717, 1.165) is 16.7 Å². The molecule has 0 aliphatic heterocycles. The Morgan fingerprint density at radius 1 is 1.09 bits per heavy atom. The molecule has 2 aromatic carbocycles. The second kappa shape index (κ2) is 9.30. The number of benzene rings is 2. The molecule has 0 bridgehead atoms. The quantitative estimate of drug-likeness (QED) is 0.349.